The molecule has 0 saturated carbocycles. The van der Waals surface area contributed by atoms with Crippen LogP contribution in [0.3, 0.4) is 0 Å². The fourth-order valence-corrected chi connectivity index (χ4v) is 2.53. The van der Waals surface area contributed by atoms with E-state index in [9.17, 15) is 13.6 Å². The molecular formula is C16H15Cl2F2N2O+. The Balaban J connectivity index is 1.93. The highest BCUT2D eigenvalue weighted by atomic mass is 35.5. The van der Waals surface area contributed by atoms with Gasteiger partial charge in [0.25, 0.3) is 5.91 Å². The minimum absolute atomic E-state index is 0.0664. The molecule has 122 valence electrons. The van der Waals surface area contributed by atoms with Crippen molar-refractivity contribution >= 4 is 34.8 Å². The Morgan fingerprint density at radius 1 is 1.22 bits per heavy atom. The van der Waals surface area contributed by atoms with Gasteiger partial charge in [-0.3, -0.25) is 4.79 Å². The van der Waals surface area contributed by atoms with Gasteiger partial charge >= 0.3 is 0 Å². The van der Waals surface area contributed by atoms with Gasteiger partial charge in [-0.15, -0.1) is 0 Å². The van der Waals surface area contributed by atoms with E-state index in [0.717, 1.165) is 6.07 Å². The van der Waals surface area contributed by atoms with E-state index in [4.69, 9.17) is 23.2 Å². The van der Waals surface area contributed by atoms with Crippen molar-refractivity contribution in [2.45, 2.75) is 13.0 Å². The number of amides is 1. The zero-order valence-electron chi connectivity index (χ0n) is 12.2. The van der Waals surface area contributed by atoms with Crippen molar-refractivity contribution in [1.82, 2.24) is 0 Å². The fourth-order valence-electron chi connectivity index (χ4n) is 2.07. The predicted molar refractivity (Wildman–Crippen MR) is 86.7 cm³/mol. The fraction of sp³-hybridized carbons (Fsp3) is 0.188. The van der Waals surface area contributed by atoms with Crippen LogP contribution in [-0.2, 0) is 4.79 Å². The quantitative estimate of drug-likeness (QED) is 0.842. The van der Waals surface area contributed by atoms with Crippen molar-refractivity contribution in [3.05, 3.63) is 63.6 Å². The van der Waals surface area contributed by atoms with Gasteiger partial charge in [0.05, 0.1) is 10.7 Å². The van der Waals surface area contributed by atoms with Gasteiger partial charge in [-0.1, -0.05) is 23.2 Å². The normalized spacial score (nSPS) is 12.0. The third-order valence-electron chi connectivity index (χ3n) is 3.32. The van der Waals surface area contributed by atoms with Crippen LogP contribution in [0.2, 0.25) is 10.0 Å². The second-order valence-corrected chi connectivity index (χ2v) is 5.91. The summed E-state index contributed by atoms with van der Waals surface area (Å²) < 4.78 is 26.6. The molecule has 1 amide bonds. The summed E-state index contributed by atoms with van der Waals surface area (Å²) in [5.74, 6) is -1.55. The molecule has 0 bridgehead atoms. The summed E-state index contributed by atoms with van der Waals surface area (Å²) in [5.41, 5.74) is 0.791. The summed E-state index contributed by atoms with van der Waals surface area (Å²) in [6, 6.07) is 7.80. The molecule has 2 aromatic rings. The Morgan fingerprint density at radius 2 is 1.96 bits per heavy atom. The average Bonchev–Trinajstić information content (AvgIpc) is 2.48. The number of nitrogens with two attached hydrogens (primary N) is 1. The number of benzene rings is 2. The van der Waals surface area contributed by atoms with Gasteiger partial charge in [-0.2, -0.15) is 0 Å². The average molecular weight is 360 g/mol. The summed E-state index contributed by atoms with van der Waals surface area (Å²) in [4.78, 5) is 11.9. The number of carbonyl (C=O) groups is 1. The molecule has 0 spiro atoms. The van der Waals surface area contributed by atoms with E-state index in [0.29, 0.717) is 21.3 Å². The molecule has 0 aliphatic heterocycles. The summed E-state index contributed by atoms with van der Waals surface area (Å²) in [6.07, 6.45) is 0. The zero-order chi connectivity index (χ0) is 17.0. The van der Waals surface area contributed by atoms with Crippen molar-refractivity contribution in [2.75, 3.05) is 11.9 Å². The summed E-state index contributed by atoms with van der Waals surface area (Å²) in [5, 5.41) is 5.11. The van der Waals surface area contributed by atoms with E-state index in [1.807, 2.05) is 0 Å². The maximum atomic E-state index is 13.7. The van der Waals surface area contributed by atoms with Gasteiger partial charge < -0.3 is 10.6 Å². The molecule has 0 fully saturated rings. The lowest BCUT2D eigenvalue weighted by atomic mass is 10.1. The minimum atomic E-state index is -0.631. The number of anilines is 1. The lowest BCUT2D eigenvalue weighted by molar-refractivity contribution is -0.682. The van der Waals surface area contributed by atoms with Crippen LogP contribution in [-0.4, -0.2) is 12.5 Å². The Labute approximate surface area is 142 Å². The number of carbonyl (C=O) groups excluding carboxylic acids is 1. The van der Waals surface area contributed by atoms with Gasteiger partial charge in [0.15, 0.2) is 6.54 Å². The largest absolute Gasteiger partial charge is 0.332 e. The molecule has 7 heteroatoms. The van der Waals surface area contributed by atoms with E-state index >= 15 is 0 Å². The SMILES string of the molecule is C[C@@H]([NH2+]CC(=O)Nc1ccc(Cl)cc1Cl)c1ccc(F)cc1F. The van der Waals surface area contributed by atoms with E-state index in [1.165, 1.54) is 18.2 Å². The maximum absolute atomic E-state index is 13.7. The number of hydrogen-bond acceptors (Lipinski definition) is 1. The summed E-state index contributed by atoms with van der Waals surface area (Å²) in [7, 11) is 0. The van der Waals surface area contributed by atoms with Crippen molar-refractivity contribution in [3.8, 4) is 0 Å². The van der Waals surface area contributed by atoms with Crippen molar-refractivity contribution in [1.29, 1.82) is 0 Å². The van der Waals surface area contributed by atoms with Crippen LogP contribution in [0.4, 0.5) is 14.5 Å². The number of nitrogens with one attached hydrogen (secondary N) is 1. The van der Waals surface area contributed by atoms with E-state index in [-0.39, 0.29) is 18.5 Å². The molecule has 0 unspecified atom stereocenters. The monoisotopic (exact) mass is 359 g/mol. The molecule has 2 aromatic carbocycles. The molecule has 2 rings (SSSR count). The first kappa shape index (κ1) is 17.7. The van der Waals surface area contributed by atoms with Crippen LogP contribution >= 0.6 is 23.2 Å². The van der Waals surface area contributed by atoms with Crippen molar-refractivity contribution < 1.29 is 18.9 Å². The standard InChI is InChI=1S/C16H14Cl2F2N2O/c1-9(12-4-3-11(19)7-14(12)20)21-8-16(23)22-15-5-2-10(17)6-13(15)18/h2-7,9,21H,8H2,1H3,(H,22,23)/p+1/t9-/m1/s1. The first-order valence-electron chi connectivity index (χ1n) is 6.90. The highest BCUT2D eigenvalue weighted by molar-refractivity contribution is 6.36. The lowest BCUT2D eigenvalue weighted by Gasteiger charge is -2.12. The summed E-state index contributed by atoms with van der Waals surface area (Å²) in [6.45, 7) is 1.80. The highest BCUT2D eigenvalue weighted by Gasteiger charge is 2.16. The first-order chi connectivity index (χ1) is 10.9. The molecule has 0 saturated heterocycles. The molecule has 1 atom stereocenters. The van der Waals surface area contributed by atoms with Crippen LogP contribution in [0.5, 0.6) is 0 Å². The Hall–Kier alpha value is -1.69. The molecular weight excluding hydrogens is 345 g/mol. The molecule has 0 aliphatic carbocycles. The maximum Gasteiger partial charge on any atom is 0.279 e. The van der Waals surface area contributed by atoms with Crippen LogP contribution in [0.25, 0.3) is 0 Å². The van der Waals surface area contributed by atoms with E-state index in [2.05, 4.69) is 5.32 Å². The third kappa shape index (κ3) is 4.89. The smallest absolute Gasteiger partial charge is 0.279 e. The van der Waals surface area contributed by atoms with Gasteiger partial charge in [0, 0.05) is 16.7 Å². The van der Waals surface area contributed by atoms with Crippen LogP contribution < -0.4 is 10.6 Å². The number of quaternary nitrogens is 1. The number of rotatable bonds is 5. The molecule has 0 radical (unpaired) electrons. The molecule has 0 aliphatic rings. The molecule has 0 aromatic heterocycles. The second-order valence-electron chi connectivity index (χ2n) is 5.07. The minimum Gasteiger partial charge on any atom is -0.332 e. The Morgan fingerprint density at radius 3 is 2.61 bits per heavy atom. The predicted octanol–water partition coefficient (Wildman–Crippen LogP) is 3.53. The summed E-state index contributed by atoms with van der Waals surface area (Å²) >= 11 is 11.8. The van der Waals surface area contributed by atoms with Crippen molar-refractivity contribution in [2.24, 2.45) is 0 Å². The van der Waals surface area contributed by atoms with Gasteiger partial charge in [0.1, 0.15) is 17.7 Å². The third-order valence-corrected chi connectivity index (χ3v) is 3.86. The topological polar surface area (TPSA) is 45.7 Å². The van der Waals surface area contributed by atoms with Gasteiger partial charge in [-0.25, -0.2) is 8.78 Å². The van der Waals surface area contributed by atoms with E-state index < -0.39 is 11.6 Å². The molecule has 3 nitrogen and oxygen atoms in total. The van der Waals surface area contributed by atoms with Crippen LogP contribution in [0.1, 0.15) is 18.5 Å². The number of halogens is 4. The van der Waals surface area contributed by atoms with Gasteiger partial charge in [-0.05, 0) is 37.3 Å². The lowest BCUT2D eigenvalue weighted by Crippen LogP contribution is -2.86. The van der Waals surface area contributed by atoms with Crippen LogP contribution in [0, 0.1) is 11.6 Å². The molecule has 3 N–H and O–H groups in total. The van der Waals surface area contributed by atoms with Gasteiger partial charge in [0.2, 0.25) is 0 Å². The number of hydrogen-bond donors (Lipinski definition) is 2. The van der Waals surface area contributed by atoms with Crippen molar-refractivity contribution in [3.63, 3.8) is 0 Å². The Bertz CT molecular complexity index is 725. The van der Waals surface area contributed by atoms with E-state index in [1.54, 1.807) is 24.4 Å². The molecule has 0 heterocycles. The van der Waals surface area contributed by atoms with Crippen LogP contribution in [0.15, 0.2) is 36.4 Å². The Kier molecular flexibility index (Phi) is 5.93. The second kappa shape index (κ2) is 7.73. The zero-order valence-corrected chi connectivity index (χ0v) is 13.8. The molecule has 23 heavy (non-hydrogen) atoms. The highest BCUT2D eigenvalue weighted by Crippen LogP contribution is 2.25. The first-order valence-corrected chi connectivity index (χ1v) is 7.65.